The third-order valence-corrected chi connectivity index (χ3v) is 4.38. The molecule has 132 valence electrons. The van der Waals surface area contributed by atoms with Crippen LogP contribution in [-0.2, 0) is 4.79 Å². The van der Waals surface area contributed by atoms with Crippen LogP contribution in [0.4, 0.5) is 0 Å². The quantitative estimate of drug-likeness (QED) is 0.790. The molecule has 1 aromatic heterocycles. The number of likely N-dealkylation sites (tertiary alicyclic amines) is 1. The van der Waals surface area contributed by atoms with Gasteiger partial charge in [-0.2, -0.15) is 0 Å². The van der Waals surface area contributed by atoms with E-state index in [0.717, 1.165) is 0 Å². The van der Waals surface area contributed by atoms with Gasteiger partial charge in [0.15, 0.2) is 5.60 Å². The number of rotatable bonds is 5. The van der Waals surface area contributed by atoms with Gasteiger partial charge in [0.1, 0.15) is 16.9 Å². The van der Waals surface area contributed by atoms with Crippen molar-refractivity contribution >= 4 is 29.1 Å². The van der Waals surface area contributed by atoms with Gasteiger partial charge in [0.2, 0.25) is 5.88 Å². The maximum Gasteiger partial charge on any atom is 0.266 e. The van der Waals surface area contributed by atoms with Crippen molar-refractivity contribution in [1.82, 2.24) is 9.88 Å². The second-order valence-corrected chi connectivity index (χ2v) is 7.15. The van der Waals surface area contributed by atoms with Crippen LogP contribution in [0.25, 0.3) is 0 Å². The number of nitrogens with zero attached hydrogens (tertiary/aromatic N) is 2. The van der Waals surface area contributed by atoms with E-state index in [2.05, 4.69) is 4.98 Å². The molecule has 1 aliphatic heterocycles. The van der Waals surface area contributed by atoms with Gasteiger partial charge in [-0.05, 0) is 50.2 Å². The highest BCUT2D eigenvalue weighted by Crippen LogP contribution is 2.27. The Morgan fingerprint density at radius 2 is 1.88 bits per heavy atom. The topological polar surface area (TPSA) is 51.7 Å². The molecule has 2 aromatic rings. The fourth-order valence-electron chi connectivity index (χ4n) is 2.52. The van der Waals surface area contributed by atoms with E-state index in [9.17, 15) is 4.79 Å². The van der Waals surface area contributed by atoms with Crippen LogP contribution >= 0.6 is 23.2 Å². The summed E-state index contributed by atoms with van der Waals surface area (Å²) in [5.41, 5.74) is -0.985. The molecule has 0 unspecified atom stereocenters. The maximum atomic E-state index is 12.7. The average Bonchev–Trinajstić information content (AvgIpc) is 2.53. The Labute approximate surface area is 156 Å². The third kappa shape index (κ3) is 4.17. The van der Waals surface area contributed by atoms with E-state index >= 15 is 0 Å². The fourth-order valence-corrected chi connectivity index (χ4v) is 2.81. The smallest absolute Gasteiger partial charge is 0.266 e. The lowest BCUT2D eigenvalue weighted by molar-refractivity contribution is -0.154. The predicted octanol–water partition coefficient (Wildman–Crippen LogP) is 3.84. The fraction of sp³-hybridized carbons (Fsp3) is 0.333. The summed E-state index contributed by atoms with van der Waals surface area (Å²) in [4.78, 5) is 18.4. The summed E-state index contributed by atoms with van der Waals surface area (Å²) < 4.78 is 11.5. The summed E-state index contributed by atoms with van der Waals surface area (Å²) in [6.07, 6.45) is 1.49. The molecule has 1 fully saturated rings. The Kier molecular flexibility index (Phi) is 5.06. The molecule has 1 aliphatic rings. The molecule has 0 aliphatic carbocycles. The molecule has 3 rings (SSSR count). The van der Waals surface area contributed by atoms with Crippen LogP contribution < -0.4 is 9.47 Å². The Morgan fingerprint density at radius 1 is 1.20 bits per heavy atom. The number of hydrogen-bond donors (Lipinski definition) is 0. The number of aromatic nitrogens is 1. The molecule has 1 aromatic carbocycles. The summed E-state index contributed by atoms with van der Waals surface area (Å²) in [6.45, 7) is 4.43. The molecule has 0 radical (unpaired) electrons. The number of hydrogen-bond acceptors (Lipinski definition) is 4. The van der Waals surface area contributed by atoms with Gasteiger partial charge < -0.3 is 14.4 Å². The first-order valence-electron chi connectivity index (χ1n) is 7.86. The average molecular weight is 381 g/mol. The largest absolute Gasteiger partial charge is 0.478 e. The lowest BCUT2D eigenvalue weighted by atomic mass is 10.0. The molecule has 5 nitrogen and oxygen atoms in total. The van der Waals surface area contributed by atoms with E-state index in [1.54, 1.807) is 61.3 Å². The summed E-state index contributed by atoms with van der Waals surface area (Å²) in [5, 5.41) is 1.08. The monoisotopic (exact) mass is 380 g/mol. The van der Waals surface area contributed by atoms with Crippen molar-refractivity contribution in [2.75, 3.05) is 13.1 Å². The lowest BCUT2D eigenvalue weighted by Crippen LogP contribution is -2.61. The van der Waals surface area contributed by atoms with Crippen LogP contribution in [-0.4, -0.2) is 40.6 Å². The number of benzene rings is 1. The van der Waals surface area contributed by atoms with E-state index in [1.165, 1.54) is 0 Å². The number of ether oxygens (including phenoxy) is 2. The van der Waals surface area contributed by atoms with Gasteiger partial charge in [-0.25, -0.2) is 4.98 Å². The van der Waals surface area contributed by atoms with Crippen molar-refractivity contribution in [2.45, 2.75) is 25.6 Å². The number of carbonyl (C=O) groups excluding carboxylic acids is 1. The predicted molar refractivity (Wildman–Crippen MR) is 96.4 cm³/mol. The molecule has 7 heteroatoms. The van der Waals surface area contributed by atoms with Crippen molar-refractivity contribution in [2.24, 2.45) is 0 Å². The normalized spacial score (nSPS) is 14.8. The Bertz CT molecular complexity index is 759. The molecular weight excluding hydrogens is 363 g/mol. The van der Waals surface area contributed by atoms with Gasteiger partial charge in [0.05, 0.1) is 13.1 Å². The highest BCUT2D eigenvalue weighted by Gasteiger charge is 2.41. The first-order chi connectivity index (χ1) is 11.8. The molecular formula is C18H18Cl2N2O3. The number of amides is 1. The van der Waals surface area contributed by atoms with E-state index in [-0.39, 0.29) is 12.0 Å². The van der Waals surface area contributed by atoms with Crippen molar-refractivity contribution in [1.29, 1.82) is 0 Å². The molecule has 0 spiro atoms. The second kappa shape index (κ2) is 7.10. The molecule has 0 saturated carbocycles. The van der Waals surface area contributed by atoms with Crippen LogP contribution in [0.5, 0.6) is 11.6 Å². The van der Waals surface area contributed by atoms with Crippen molar-refractivity contribution in [3.63, 3.8) is 0 Å². The number of carbonyl (C=O) groups is 1. The number of pyridine rings is 1. The van der Waals surface area contributed by atoms with E-state index in [1.807, 2.05) is 0 Å². The molecule has 0 N–H and O–H groups in total. The zero-order valence-electron chi connectivity index (χ0n) is 13.9. The maximum absolute atomic E-state index is 12.7. The minimum absolute atomic E-state index is 0.102. The van der Waals surface area contributed by atoms with Gasteiger partial charge in [0.25, 0.3) is 5.91 Å². The lowest BCUT2D eigenvalue weighted by Gasteiger charge is -2.42. The standard InChI is InChI=1S/C18H18Cl2N2O3/c1-18(2,25-13-7-5-12(19)6-8-13)17(23)22-10-14(11-22)24-16-15(20)4-3-9-21-16/h3-9,14H,10-11H2,1-2H3. The summed E-state index contributed by atoms with van der Waals surface area (Å²) in [7, 11) is 0. The highest BCUT2D eigenvalue weighted by atomic mass is 35.5. The molecule has 1 amide bonds. The van der Waals surface area contributed by atoms with E-state index in [0.29, 0.717) is 34.8 Å². The van der Waals surface area contributed by atoms with E-state index < -0.39 is 5.60 Å². The molecule has 0 bridgehead atoms. The van der Waals surface area contributed by atoms with Crippen LogP contribution in [0.3, 0.4) is 0 Å². The number of halogens is 2. The molecule has 0 atom stereocenters. The van der Waals surface area contributed by atoms with E-state index in [4.69, 9.17) is 32.7 Å². The van der Waals surface area contributed by atoms with Crippen molar-refractivity contribution < 1.29 is 14.3 Å². The van der Waals surface area contributed by atoms with Crippen LogP contribution in [0.2, 0.25) is 10.0 Å². The first-order valence-corrected chi connectivity index (χ1v) is 8.62. The Hall–Kier alpha value is -1.98. The summed E-state index contributed by atoms with van der Waals surface area (Å²) in [5.74, 6) is 0.878. The third-order valence-electron chi connectivity index (χ3n) is 3.84. The second-order valence-electron chi connectivity index (χ2n) is 6.31. The zero-order chi connectivity index (χ0) is 18.0. The molecule has 25 heavy (non-hydrogen) atoms. The van der Waals surface area contributed by atoms with Crippen LogP contribution in [0.1, 0.15) is 13.8 Å². The summed E-state index contributed by atoms with van der Waals surface area (Å²) in [6, 6.07) is 10.4. The van der Waals surface area contributed by atoms with Crippen molar-refractivity contribution in [3.8, 4) is 11.6 Å². The minimum Gasteiger partial charge on any atom is -0.478 e. The first kappa shape index (κ1) is 17.8. The Morgan fingerprint density at radius 3 is 2.52 bits per heavy atom. The van der Waals surface area contributed by atoms with Crippen molar-refractivity contribution in [3.05, 3.63) is 52.6 Å². The van der Waals surface area contributed by atoms with Gasteiger partial charge in [-0.15, -0.1) is 0 Å². The molecule has 1 saturated heterocycles. The van der Waals surface area contributed by atoms with Gasteiger partial charge in [-0.1, -0.05) is 23.2 Å². The van der Waals surface area contributed by atoms with Crippen LogP contribution in [0, 0.1) is 0 Å². The SMILES string of the molecule is CC(C)(Oc1ccc(Cl)cc1)C(=O)N1CC(Oc2ncccc2Cl)C1. The molecule has 2 heterocycles. The van der Waals surface area contributed by atoms with Gasteiger partial charge in [0, 0.05) is 11.2 Å². The Balaban J connectivity index is 1.55. The zero-order valence-corrected chi connectivity index (χ0v) is 15.4. The summed E-state index contributed by atoms with van der Waals surface area (Å²) >= 11 is 11.9. The van der Waals surface area contributed by atoms with Crippen LogP contribution in [0.15, 0.2) is 42.6 Å². The minimum atomic E-state index is -0.985. The van der Waals surface area contributed by atoms with Gasteiger partial charge in [-0.3, -0.25) is 4.79 Å². The highest BCUT2D eigenvalue weighted by molar-refractivity contribution is 6.31. The van der Waals surface area contributed by atoms with Gasteiger partial charge >= 0.3 is 0 Å².